The molecule has 1 atom stereocenters. The molecule has 2 aromatic carbocycles. The van der Waals surface area contributed by atoms with E-state index in [2.05, 4.69) is 10.6 Å². The summed E-state index contributed by atoms with van der Waals surface area (Å²) in [7, 11) is 0. The molecule has 1 aliphatic carbocycles. The van der Waals surface area contributed by atoms with E-state index in [-0.39, 0.29) is 23.4 Å². The normalized spacial score (nSPS) is 17.5. The fraction of sp³-hybridized carbons (Fsp3) is 0.348. The highest BCUT2D eigenvalue weighted by atomic mass is 19.4. The van der Waals surface area contributed by atoms with Gasteiger partial charge in [0, 0.05) is 11.6 Å². The number of nitrogens with zero attached hydrogens (tertiary/aromatic N) is 1. The highest BCUT2D eigenvalue weighted by Crippen LogP contribution is 2.41. The van der Waals surface area contributed by atoms with Gasteiger partial charge in [-0.3, -0.25) is 14.4 Å². The van der Waals surface area contributed by atoms with Gasteiger partial charge in [-0.25, -0.2) is 0 Å². The van der Waals surface area contributed by atoms with Gasteiger partial charge in [0.2, 0.25) is 11.8 Å². The van der Waals surface area contributed by atoms with Crippen LogP contribution in [0.25, 0.3) is 0 Å². The number of carbonyl (C=O) groups is 3. The maximum absolute atomic E-state index is 12.9. The van der Waals surface area contributed by atoms with Gasteiger partial charge in [0.1, 0.15) is 11.8 Å². The van der Waals surface area contributed by atoms with Crippen LogP contribution in [0.1, 0.15) is 40.4 Å². The molecule has 10 heteroatoms. The first-order valence-electron chi connectivity index (χ1n) is 10.4. The number of amides is 3. The lowest BCUT2D eigenvalue weighted by atomic mass is 10.0. The van der Waals surface area contributed by atoms with E-state index in [4.69, 9.17) is 4.74 Å². The van der Waals surface area contributed by atoms with Crippen LogP contribution in [0.5, 0.6) is 5.75 Å². The van der Waals surface area contributed by atoms with Crippen LogP contribution in [0.2, 0.25) is 0 Å². The summed E-state index contributed by atoms with van der Waals surface area (Å²) in [6.07, 6.45) is -2.89. The molecule has 1 unspecified atom stereocenters. The van der Waals surface area contributed by atoms with Crippen molar-refractivity contribution >= 4 is 23.4 Å². The summed E-state index contributed by atoms with van der Waals surface area (Å²) in [5.74, 6) is -1.46. The van der Waals surface area contributed by atoms with Crippen LogP contribution in [0.3, 0.4) is 0 Å². The molecule has 7 nitrogen and oxygen atoms in total. The average Bonchev–Trinajstić information content (AvgIpc) is 3.55. The van der Waals surface area contributed by atoms with Crippen LogP contribution >= 0.6 is 0 Å². The summed E-state index contributed by atoms with van der Waals surface area (Å²) in [6, 6.07) is 10.5. The third-order valence-electron chi connectivity index (χ3n) is 5.41. The molecule has 33 heavy (non-hydrogen) atoms. The molecule has 0 bridgehead atoms. The molecule has 1 fully saturated rings. The van der Waals surface area contributed by atoms with E-state index < -0.39 is 37.2 Å². The number of ether oxygens (including phenoxy) is 1. The molecule has 1 saturated carbocycles. The standard InChI is InChI=1S/C23H22F3N3O4/c1-13-6-9-17(18(10-13)33-12-23(24,25)26)28-19(30)11-27-21(31)20-15-4-2-3-5-16(15)22(32)29(20)14-7-8-14/h2-6,9-10,14,20H,7-8,11-12H2,1H3,(H,27,31)(H,28,30). The van der Waals surface area contributed by atoms with E-state index in [1.165, 1.54) is 12.1 Å². The summed E-state index contributed by atoms with van der Waals surface area (Å²) in [6.45, 7) is -0.239. The number of fused-ring (bicyclic) bond motifs is 1. The van der Waals surface area contributed by atoms with Crippen molar-refractivity contribution in [2.75, 3.05) is 18.5 Å². The Morgan fingerprint density at radius 2 is 1.88 bits per heavy atom. The van der Waals surface area contributed by atoms with Crippen molar-refractivity contribution < 1.29 is 32.3 Å². The summed E-state index contributed by atoms with van der Waals surface area (Å²) >= 11 is 0. The predicted octanol–water partition coefficient (Wildman–Crippen LogP) is 3.35. The zero-order valence-corrected chi connectivity index (χ0v) is 17.7. The van der Waals surface area contributed by atoms with E-state index in [1.54, 1.807) is 42.2 Å². The Labute approximate surface area is 187 Å². The number of nitrogens with one attached hydrogen (secondary N) is 2. The first kappa shape index (κ1) is 22.6. The molecule has 2 aromatic rings. The SMILES string of the molecule is Cc1ccc(NC(=O)CNC(=O)C2c3ccccc3C(=O)N2C2CC2)c(OCC(F)(F)F)c1. The lowest BCUT2D eigenvalue weighted by Gasteiger charge is -2.24. The van der Waals surface area contributed by atoms with Crippen LogP contribution in [-0.4, -0.2) is 48.0 Å². The molecular formula is C23H22F3N3O4. The topological polar surface area (TPSA) is 87.7 Å². The summed E-state index contributed by atoms with van der Waals surface area (Å²) in [4.78, 5) is 39.7. The van der Waals surface area contributed by atoms with Crippen molar-refractivity contribution in [1.82, 2.24) is 10.2 Å². The van der Waals surface area contributed by atoms with Crippen molar-refractivity contribution in [3.05, 3.63) is 59.2 Å². The number of rotatable bonds is 7. The predicted molar refractivity (Wildman–Crippen MR) is 113 cm³/mol. The highest BCUT2D eigenvalue weighted by Gasteiger charge is 2.47. The molecule has 2 N–H and O–H groups in total. The Kier molecular flexibility index (Phi) is 6.01. The number of alkyl halides is 3. The Bertz CT molecular complexity index is 1100. The first-order chi connectivity index (χ1) is 15.6. The van der Waals surface area contributed by atoms with E-state index >= 15 is 0 Å². The molecule has 1 heterocycles. The van der Waals surface area contributed by atoms with Crippen molar-refractivity contribution in [1.29, 1.82) is 0 Å². The van der Waals surface area contributed by atoms with Crippen molar-refractivity contribution in [2.45, 2.75) is 38.0 Å². The van der Waals surface area contributed by atoms with Gasteiger partial charge in [-0.15, -0.1) is 0 Å². The molecule has 0 spiro atoms. The molecule has 0 saturated heterocycles. The Balaban J connectivity index is 1.41. The second-order valence-electron chi connectivity index (χ2n) is 8.10. The van der Waals surface area contributed by atoms with Crippen LogP contribution in [0.4, 0.5) is 18.9 Å². The third kappa shape index (κ3) is 5.10. The second kappa shape index (κ2) is 8.76. The second-order valence-corrected chi connectivity index (χ2v) is 8.10. The first-order valence-corrected chi connectivity index (χ1v) is 10.4. The van der Waals surface area contributed by atoms with Gasteiger partial charge in [-0.1, -0.05) is 24.3 Å². The molecule has 174 valence electrons. The quantitative estimate of drug-likeness (QED) is 0.662. The smallest absolute Gasteiger partial charge is 0.422 e. The van der Waals surface area contributed by atoms with E-state index in [0.29, 0.717) is 16.7 Å². The maximum atomic E-state index is 12.9. The summed E-state index contributed by atoms with van der Waals surface area (Å²) < 4.78 is 42.4. The molecule has 1 aliphatic heterocycles. The largest absolute Gasteiger partial charge is 0.482 e. The average molecular weight is 461 g/mol. The minimum Gasteiger partial charge on any atom is -0.482 e. The van der Waals surface area contributed by atoms with E-state index in [9.17, 15) is 27.6 Å². The minimum absolute atomic E-state index is 0.00428. The van der Waals surface area contributed by atoms with Crippen molar-refractivity contribution in [2.24, 2.45) is 0 Å². The number of carbonyl (C=O) groups excluding carboxylic acids is 3. The van der Waals surface area contributed by atoms with Gasteiger partial charge in [-0.05, 0) is 49.1 Å². The Morgan fingerprint density at radius 3 is 2.58 bits per heavy atom. The van der Waals surface area contributed by atoms with Gasteiger partial charge in [0.05, 0.1) is 12.2 Å². The van der Waals surface area contributed by atoms with Crippen LogP contribution in [0.15, 0.2) is 42.5 Å². The van der Waals surface area contributed by atoms with Crippen LogP contribution in [-0.2, 0) is 9.59 Å². The number of anilines is 1. The Morgan fingerprint density at radius 1 is 1.15 bits per heavy atom. The fourth-order valence-electron chi connectivity index (χ4n) is 3.80. The monoisotopic (exact) mass is 461 g/mol. The zero-order chi connectivity index (χ0) is 23.8. The number of hydrogen-bond acceptors (Lipinski definition) is 4. The minimum atomic E-state index is -4.53. The van der Waals surface area contributed by atoms with Crippen LogP contribution in [0, 0.1) is 6.92 Å². The van der Waals surface area contributed by atoms with Gasteiger partial charge in [0.25, 0.3) is 5.91 Å². The lowest BCUT2D eigenvalue weighted by molar-refractivity contribution is -0.153. The number of hydrogen-bond donors (Lipinski definition) is 2. The van der Waals surface area contributed by atoms with Crippen molar-refractivity contribution in [3.8, 4) is 5.75 Å². The van der Waals surface area contributed by atoms with Crippen LogP contribution < -0.4 is 15.4 Å². The van der Waals surface area contributed by atoms with Gasteiger partial charge in [-0.2, -0.15) is 13.2 Å². The number of aryl methyl sites for hydroxylation is 1. The molecule has 3 amide bonds. The van der Waals surface area contributed by atoms with E-state index in [1.807, 2.05) is 0 Å². The van der Waals surface area contributed by atoms with Crippen molar-refractivity contribution in [3.63, 3.8) is 0 Å². The lowest BCUT2D eigenvalue weighted by Crippen LogP contribution is -2.42. The molecular weight excluding hydrogens is 439 g/mol. The third-order valence-corrected chi connectivity index (χ3v) is 5.41. The highest BCUT2D eigenvalue weighted by molar-refractivity contribution is 6.05. The molecule has 0 radical (unpaired) electrons. The molecule has 2 aliphatic rings. The summed E-state index contributed by atoms with van der Waals surface area (Å²) in [5, 5.41) is 5.01. The van der Waals surface area contributed by atoms with Gasteiger partial charge in [0.15, 0.2) is 6.61 Å². The number of halogens is 3. The van der Waals surface area contributed by atoms with E-state index in [0.717, 1.165) is 12.8 Å². The number of benzene rings is 2. The van der Waals surface area contributed by atoms with Gasteiger partial charge < -0.3 is 20.3 Å². The zero-order valence-electron chi connectivity index (χ0n) is 17.7. The fourth-order valence-corrected chi connectivity index (χ4v) is 3.80. The van der Waals surface area contributed by atoms with Gasteiger partial charge >= 0.3 is 6.18 Å². The maximum Gasteiger partial charge on any atom is 0.422 e. The summed E-state index contributed by atoms with van der Waals surface area (Å²) in [5.41, 5.74) is 1.78. The Hall–Kier alpha value is -3.56. The molecule has 0 aromatic heterocycles. The molecule has 4 rings (SSSR count).